The van der Waals surface area contributed by atoms with E-state index < -0.39 is 0 Å². The van der Waals surface area contributed by atoms with Gasteiger partial charge < -0.3 is 18.7 Å². The molecule has 1 saturated heterocycles. The van der Waals surface area contributed by atoms with Gasteiger partial charge in [-0.3, -0.25) is 9.69 Å². The molecule has 0 spiro atoms. The van der Waals surface area contributed by atoms with Gasteiger partial charge in [0.25, 0.3) is 5.91 Å². The van der Waals surface area contributed by atoms with E-state index >= 15 is 0 Å². The molecule has 1 fully saturated rings. The second-order valence-corrected chi connectivity index (χ2v) is 6.78. The molecule has 0 radical (unpaired) electrons. The van der Waals surface area contributed by atoms with Crippen molar-refractivity contribution < 1.29 is 14.1 Å². The molecule has 1 atom stereocenters. The fraction of sp³-hybridized carbons (Fsp3) is 0.588. The van der Waals surface area contributed by atoms with E-state index in [0.717, 1.165) is 45.2 Å². The zero-order valence-corrected chi connectivity index (χ0v) is 14.4. The van der Waals surface area contributed by atoms with E-state index in [-0.39, 0.29) is 5.91 Å². The molecule has 0 aromatic carbocycles. The van der Waals surface area contributed by atoms with Crippen molar-refractivity contribution >= 4 is 5.91 Å². The molecule has 0 bridgehead atoms. The molecule has 134 valence electrons. The van der Waals surface area contributed by atoms with Gasteiger partial charge in [0.15, 0.2) is 5.69 Å². The van der Waals surface area contributed by atoms with Gasteiger partial charge in [0, 0.05) is 57.1 Å². The summed E-state index contributed by atoms with van der Waals surface area (Å²) in [6, 6.07) is 1.69. The molecule has 4 heterocycles. The van der Waals surface area contributed by atoms with Crippen molar-refractivity contribution in [3.05, 3.63) is 35.7 Å². The molecule has 4 rings (SSSR count). The molecule has 8 heteroatoms. The van der Waals surface area contributed by atoms with E-state index in [1.807, 2.05) is 11.1 Å². The Morgan fingerprint density at radius 2 is 2.16 bits per heavy atom. The second kappa shape index (κ2) is 6.97. The van der Waals surface area contributed by atoms with Crippen molar-refractivity contribution in [1.82, 2.24) is 24.5 Å². The highest BCUT2D eigenvalue weighted by molar-refractivity contribution is 5.92. The number of nitrogens with zero attached hydrogens (tertiary/aromatic N) is 5. The molecule has 1 unspecified atom stereocenters. The van der Waals surface area contributed by atoms with Crippen LogP contribution in [0.25, 0.3) is 0 Å². The van der Waals surface area contributed by atoms with Crippen LogP contribution in [0, 0.1) is 12.8 Å². The minimum absolute atomic E-state index is 0.0970. The minimum atomic E-state index is -0.0970. The molecule has 2 aliphatic heterocycles. The number of fused-ring (bicyclic) bond motifs is 1. The zero-order valence-electron chi connectivity index (χ0n) is 14.4. The third kappa shape index (κ3) is 3.59. The lowest BCUT2D eigenvalue weighted by Crippen LogP contribution is -2.43. The van der Waals surface area contributed by atoms with Crippen molar-refractivity contribution in [2.24, 2.45) is 5.92 Å². The number of aromatic nitrogens is 3. The van der Waals surface area contributed by atoms with Crippen LogP contribution in [0.5, 0.6) is 0 Å². The van der Waals surface area contributed by atoms with Crippen LogP contribution in [0.15, 0.2) is 23.0 Å². The minimum Gasteiger partial charge on any atom is -0.379 e. The molecule has 2 aliphatic rings. The molecule has 2 aromatic rings. The largest absolute Gasteiger partial charge is 0.379 e. The van der Waals surface area contributed by atoms with Crippen LogP contribution >= 0.6 is 0 Å². The van der Waals surface area contributed by atoms with Gasteiger partial charge in [0.05, 0.1) is 19.8 Å². The number of hydrogen-bond donors (Lipinski definition) is 0. The first-order valence-electron chi connectivity index (χ1n) is 8.72. The number of imidazole rings is 1. The second-order valence-electron chi connectivity index (χ2n) is 6.78. The Kier molecular flexibility index (Phi) is 4.54. The zero-order chi connectivity index (χ0) is 17.2. The van der Waals surface area contributed by atoms with Crippen LogP contribution in [0.3, 0.4) is 0 Å². The van der Waals surface area contributed by atoms with Crippen molar-refractivity contribution in [2.75, 3.05) is 39.4 Å². The molecule has 1 amide bonds. The van der Waals surface area contributed by atoms with Crippen LogP contribution in [0.1, 0.15) is 22.1 Å². The van der Waals surface area contributed by atoms with E-state index in [2.05, 4.69) is 19.6 Å². The monoisotopic (exact) mass is 345 g/mol. The lowest BCUT2D eigenvalue weighted by Gasteiger charge is -2.31. The SMILES string of the molecule is Cc1cc(C(=O)N2Cc3nccn3CC(CN3CCOCC3)C2)no1. The van der Waals surface area contributed by atoms with Crippen LogP contribution in [-0.4, -0.2) is 69.8 Å². The summed E-state index contributed by atoms with van der Waals surface area (Å²) < 4.78 is 12.7. The average Bonchev–Trinajstić information content (AvgIpc) is 3.20. The molecule has 25 heavy (non-hydrogen) atoms. The predicted octanol–water partition coefficient (Wildman–Crippen LogP) is 0.784. The van der Waals surface area contributed by atoms with Gasteiger partial charge in [-0.25, -0.2) is 4.98 Å². The standard InChI is InChI=1S/C17H23N5O3/c1-13-8-15(19-25-13)17(23)22-11-14(9-20-4-6-24-7-5-20)10-21-3-2-18-16(21)12-22/h2-3,8,14H,4-7,9-12H2,1H3. The topological polar surface area (TPSA) is 76.6 Å². The summed E-state index contributed by atoms with van der Waals surface area (Å²) in [6.45, 7) is 8.25. The van der Waals surface area contributed by atoms with Crippen molar-refractivity contribution in [2.45, 2.75) is 20.0 Å². The Balaban J connectivity index is 1.53. The molecular weight excluding hydrogens is 322 g/mol. The van der Waals surface area contributed by atoms with Crippen LogP contribution < -0.4 is 0 Å². The first-order chi connectivity index (χ1) is 12.2. The number of carbonyl (C=O) groups is 1. The van der Waals surface area contributed by atoms with E-state index in [9.17, 15) is 4.79 Å². The third-order valence-corrected chi connectivity index (χ3v) is 4.82. The summed E-state index contributed by atoms with van der Waals surface area (Å²) in [7, 11) is 0. The highest BCUT2D eigenvalue weighted by Gasteiger charge is 2.29. The Morgan fingerprint density at radius 1 is 1.32 bits per heavy atom. The van der Waals surface area contributed by atoms with Gasteiger partial charge in [0.2, 0.25) is 0 Å². The predicted molar refractivity (Wildman–Crippen MR) is 89.0 cm³/mol. The number of rotatable bonds is 3. The van der Waals surface area contributed by atoms with Crippen LogP contribution in [-0.2, 0) is 17.8 Å². The molecule has 0 saturated carbocycles. The first-order valence-corrected chi connectivity index (χ1v) is 8.72. The Bertz CT molecular complexity index is 734. The lowest BCUT2D eigenvalue weighted by atomic mass is 10.1. The van der Waals surface area contributed by atoms with E-state index in [0.29, 0.717) is 30.5 Å². The van der Waals surface area contributed by atoms with Crippen molar-refractivity contribution in [1.29, 1.82) is 0 Å². The summed E-state index contributed by atoms with van der Waals surface area (Å²) in [6.07, 6.45) is 3.80. The fourth-order valence-corrected chi connectivity index (χ4v) is 3.59. The molecule has 0 N–H and O–H groups in total. The van der Waals surface area contributed by atoms with Gasteiger partial charge in [-0.15, -0.1) is 0 Å². The maximum Gasteiger partial charge on any atom is 0.276 e. The van der Waals surface area contributed by atoms with Crippen molar-refractivity contribution in [3.8, 4) is 0 Å². The Hall–Kier alpha value is -2.19. The fourth-order valence-electron chi connectivity index (χ4n) is 3.59. The summed E-state index contributed by atoms with van der Waals surface area (Å²) in [4.78, 5) is 21.5. The number of amides is 1. The highest BCUT2D eigenvalue weighted by Crippen LogP contribution is 2.19. The smallest absolute Gasteiger partial charge is 0.276 e. The lowest BCUT2D eigenvalue weighted by molar-refractivity contribution is 0.0263. The maximum absolute atomic E-state index is 12.9. The average molecular weight is 345 g/mol. The summed E-state index contributed by atoms with van der Waals surface area (Å²) >= 11 is 0. The number of morpholine rings is 1. The Labute approximate surface area is 146 Å². The van der Waals surface area contributed by atoms with E-state index in [1.54, 1.807) is 19.2 Å². The van der Waals surface area contributed by atoms with Gasteiger partial charge in [-0.1, -0.05) is 5.16 Å². The number of carbonyl (C=O) groups excluding carboxylic acids is 1. The number of hydrogen-bond acceptors (Lipinski definition) is 6. The molecule has 2 aromatic heterocycles. The molecule has 8 nitrogen and oxygen atoms in total. The Morgan fingerprint density at radius 3 is 2.92 bits per heavy atom. The number of ether oxygens (including phenoxy) is 1. The summed E-state index contributed by atoms with van der Waals surface area (Å²) in [5.74, 6) is 1.80. The highest BCUT2D eigenvalue weighted by atomic mass is 16.5. The third-order valence-electron chi connectivity index (χ3n) is 4.82. The van der Waals surface area contributed by atoms with Gasteiger partial charge >= 0.3 is 0 Å². The maximum atomic E-state index is 12.9. The van der Waals surface area contributed by atoms with Gasteiger partial charge in [0.1, 0.15) is 11.6 Å². The van der Waals surface area contributed by atoms with Gasteiger partial charge in [-0.2, -0.15) is 0 Å². The van der Waals surface area contributed by atoms with Gasteiger partial charge in [-0.05, 0) is 6.92 Å². The summed E-state index contributed by atoms with van der Waals surface area (Å²) in [5.41, 5.74) is 0.364. The van der Waals surface area contributed by atoms with Crippen molar-refractivity contribution in [3.63, 3.8) is 0 Å². The summed E-state index contributed by atoms with van der Waals surface area (Å²) in [5, 5.41) is 3.89. The normalized spacial score (nSPS) is 21.8. The van der Waals surface area contributed by atoms with E-state index in [4.69, 9.17) is 9.26 Å². The van der Waals surface area contributed by atoms with Crippen LogP contribution in [0.4, 0.5) is 0 Å². The first kappa shape index (κ1) is 16.3. The quantitative estimate of drug-likeness (QED) is 0.818. The number of aryl methyl sites for hydroxylation is 1. The molecule has 0 aliphatic carbocycles. The van der Waals surface area contributed by atoms with Crippen LogP contribution in [0.2, 0.25) is 0 Å². The van der Waals surface area contributed by atoms with E-state index in [1.165, 1.54) is 0 Å². The molecular formula is C17H23N5O3.